The first-order chi connectivity index (χ1) is 9.15. The second-order valence-electron chi connectivity index (χ2n) is 4.18. The normalized spacial score (nSPS) is 11.1. The van der Waals surface area contributed by atoms with Crippen LogP contribution < -0.4 is 5.56 Å². The van der Waals surface area contributed by atoms with Crippen LogP contribution in [0.3, 0.4) is 0 Å². The highest BCUT2D eigenvalue weighted by molar-refractivity contribution is 7.17. The van der Waals surface area contributed by atoms with Crippen LogP contribution in [-0.4, -0.2) is 4.57 Å². The standard InChI is InChI=1S/C14H9Cl2NOS/c15-10-2-1-9(12(16)7-10)8-17-5-3-13-11(14(17)18)4-6-19-13/h1-7H,8H2. The van der Waals surface area contributed by atoms with Crippen molar-refractivity contribution in [2.75, 3.05) is 0 Å². The number of hydrogen-bond acceptors (Lipinski definition) is 2. The molecule has 3 rings (SSSR count). The van der Waals surface area contributed by atoms with E-state index in [1.165, 1.54) is 0 Å². The number of pyridine rings is 1. The second kappa shape index (κ2) is 5.00. The highest BCUT2D eigenvalue weighted by Crippen LogP contribution is 2.22. The van der Waals surface area contributed by atoms with Crippen LogP contribution in [-0.2, 0) is 6.54 Å². The number of nitrogens with zero attached hydrogens (tertiary/aromatic N) is 1. The number of hydrogen-bond donors (Lipinski definition) is 0. The summed E-state index contributed by atoms with van der Waals surface area (Å²) in [5.74, 6) is 0. The largest absolute Gasteiger partial charge is 0.310 e. The third-order valence-electron chi connectivity index (χ3n) is 2.95. The molecule has 0 unspecified atom stereocenters. The van der Waals surface area contributed by atoms with Crippen LogP contribution in [0.1, 0.15) is 5.56 Å². The Balaban J connectivity index is 2.05. The molecular weight excluding hydrogens is 301 g/mol. The molecule has 1 aromatic carbocycles. The summed E-state index contributed by atoms with van der Waals surface area (Å²) in [6.07, 6.45) is 1.80. The van der Waals surface area contributed by atoms with Crippen molar-refractivity contribution in [2.45, 2.75) is 6.54 Å². The van der Waals surface area contributed by atoms with Crippen LogP contribution in [0.15, 0.2) is 46.7 Å². The van der Waals surface area contributed by atoms with E-state index in [1.807, 2.05) is 23.6 Å². The van der Waals surface area contributed by atoms with Gasteiger partial charge in [0.15, 0.2) is 0 Å². The number of benzene rings is 1. The maximum atomic E-state index is 12.3. The van der Waals surface area contributed by atoms with E-state index in [4.69, 9.17) is 23.2 Å². The second-order valence-corrected chi connectivity index (χ2v) is 5.97. The van der Waals surface area contributed by atoms with Gasteiger partial charge in [-0.3, -0.25) is 4.79 Å². The predicted octanol–water partition coefficient (Wildman–Crippen LogP) is 4.42. The monoisotopic (exact) mass is 309 g/mol. The Hall–Kier alpha value is -1.29. The number of rotatable bonds is 2. The van der Waals surface area contributed by atoms with Gasteiger partial charge in [-0.1, -0.05) is 29.3 Å². The van der Waals surface area contributed by atoms with Crippen LogP contribution >= 0.6 is 34.5 Å². The van der Waals surface area contributed by atoms with E-state index in [1.54, 1.807) is 34.2 Å². The lowest BCUT2D eigenvalue weighted by atomic mass is 10.2. The third-order valence-corrected chi connectivity index (χ3v) is 4.42. The molecule has 0 aliphatic rings. The van der Waals surface area contributed by atoms with E-state index in [0.29, 0.717) is 16.6 Å². The fourth-order valence-electron chi connectivity index (χ4n) is 1.96. The molecule has 2 aromatic heterocycles. The zero-order valence-corrected chi connectivity index (χ0v) is 12.1. The van der Waals surface area contributed by atoms with Gasteiger partial charge in [0.1, 0.15) is 0 Å². The van der Waals surface area contributed by atoms with E-state index in [0.717, 1.165) is 15.6 Å². The van der Waals surface area contributed by atoms with Crippen molar-refractivity contribution in [1.82, 2.24) is 4.57 Å². The molecule has 0 N–H and O–H groups in total. The van der Waals surface area contributed by atoms with Gasteiger partial charge in [0.25, 0.3) is 5.56 Å². The maximum Gasteiger partial charge on any atom is 0.259 e. The maximum absolute atomic E-state index is 12.3. The van der Waals surface area contributed by atoms with Gasteiger partial charge in [-0.25, -0.2) is 0 Å². The first-order valence-electron chi connectivity index (χ1n) is 5.66. The quantitative estimate of drug-likeness (QED) is 0.687. The Morgan fingerprint density at radius 2 is 2.00 bits per heavy atom. The lowest BCUT2D eigenvalue weighted by Crippen LogP contribution is -2.19. The van der Waals surface area contributed by atoms with Crippen molar-refractivity contribution >= 4 is 44.6 Å². The average Bonchev–Trinajstić information content (AvgIpc) is 2.85. The highest BCUT2D eigenvalue weighted by Gasteiger charge is 2.06. The Bertz CT molecular complexity index is 807. The van der Waals surface area contributed by atoms with Crippen molar-refractivity contribution in [2.24, 2.45) is 0 Å². The Labute approximate surface area is 123 Å². The first kappa shape index (κ1) is 12.7. The molecule has 0 atom stereocenters. The van der Waals surface area contributed by atoms with Gasteiger partial charge >= 0.3 is 0 Å². The van der Waals surface area contributed by atoms with Gasteiger partial charge in [-0.2, -0.15) is 0 Å². The molecular formula is C14H9Cl2NOS. The van der Waals surface area contributed by atoms with Crippen molar-refractivity contribution in [3.63, 3.8) is 0 Å². The SMILES string of the molecule is O=c1c2ccsc2ccn1Cc1ccc(Cl)cc1Cl. The lowest BCUT2D eigenvalue weighted by Gasteiger charge is -2.08. The number of fused-ring (bicyclic) bond motifs is 1. The van der Waals surface area contributed by atoms with Gasteiger partial charge in [0.2, 0.25) is 0 Å². The molecule has 0 aliphatic heterocycles. The summed E-state index contributed by atoms with van der Waals surface area (Å²) in [4.78, 5) is 12.3. The fraction of sp³-hybridized carbons (Fsp3) is 0.0714. The summed E-state index contributed by atoms with van der Waals surface area (Å²) in [6.45, 7) is 0.445. The summed E-state index contributed by atoms with van der Waals surface area (Å²) in [6, 6.07) is 9.10. The molecule has 0 radical (unpaired) electrons. The van der Waals surface area contributed by atoms with Gasteiger partial charge in [0.05, 0.1) is 11.9 Å². The molecule has 96 valence electrons. The summed E-state index contributed by atoms with van der Waals surface area (Å²) in [7, 11) is 0. The molecule has 0 aliphatic carbocycles. The number of aromatic nitrogens is 1. The van der Waals surface area contributed by atoms with Crippen LogP contribution in [0.4, 0.5) is 0 Å². The smallest absolute Gasteiger partial charge is 0.259 e. The lowest BCUT2D eigenvalue weighted by molar-refractivity contribution is 0.769. The first-order valence-corrected chi connectivity index (χ1v) is 7.29. The van der Waals surface area contributed by atoms with Crippen LogP contribution in [0, 0.1) is 0 Å². The van der Waals surface area contributed by atoms with E-state index >= 15 is 0 Å². The minimum Gasteiger partial charge on any atom is -0.310 e. The van der Waals surface area contributed by atoms with E-state index in [2.05, 4.69) is 0 Å². The van der Waals surface area contributed by atoms with Gasteiger partial charge in [-0.05, 0) is 35.2 Å². The zero-order chi connectivity index (χ0) is 13.4. The Morgan fingerprint density at radius 3 is 2.79 bits per heavy atom. The zero-order valence-electron chi connectivity index (χ0n) is 9.77. The minimum absolute atomic E-state index is 0.00441. The Kier molecular flexibility index (Phi) is 3.35. The molecule has 5 heteroatoms. The molecule has 0 saturated carbocycles. The number of thiophene rings is 1. The molecule has 0 fully saturated rings. The van der Waals surface area contributed by atoms with Crippen molar-refractivity contribution in [3.05, 3.63) is 67.9 Å². The van der Waals surface area contributed by atoms with Gasteiger partial charge in [0, 0.05) is 20.9 Å². The van der Waals surface area contributed by atoms with Crippen molar-refractivity contribution in [1.29, 1.82) is 0 Å². The molecule has 0 saturated heterocycles. The van der Waals surface area contributed by atoms with Crippen LogP contribution in [0.25, 0.3) is 10.1 Å². The average molecular weight is 310 g/mol. The van der Waals surface area contributed by atoms with E-state index in [-0.39, 0.29) is 5.56 Å². The summed E-state index contributed by atoms with van der Waals surface area (Å²) in [5.41, 5.74) is 0.882. The Morgan fingerprint density at radius 1 is 1.16 bits per heavy atom. The predicted molar refractivity (Wildman–Crippen MR) is 81.6 cm³/mol. The molecule has 2 nitrogen and oxygen atoms in total. The van der Waals surface area contributed by atoms with Crippen LogP contribution in [0.5, 0.6) is 0 Å². The molecule has 2 heterocycles. The van der Waals surface area contributed by atoms with Crippen molar-refractivity contribution in [3.8, 4) is 0 Å². The molecule has 0 amide bonds. The van der Waals surface area contributed by atoms with Crippen LogP contribution in [0.2, 0.25) is 10.0 Å². The summed E-state index contributed by atoms with van der Waals surface area (Å²) < 4.78 is 2.66. The van der Waals surface area contributed by atoms with Crippen molar-refractivity contribution < 1.29 is 0 Å². The summed E-state index contributed by atoms with van der Waals surface area (Å²) >= 11 is 13.6. The fourth-order valence-corrected chi connectivity index (χ4v) is 3.21. The highest BCUT2D eigenvalue weighted by atomic mass is 35.5. The molecule has 0 spiro atoms. The van der Waals surface area contributed by atoms with E-state index < -0.39 is 0 Å². The third kappa shape index (κ3) is 2.41. The summed E-state index contributed by atoms with van der Waals surface area (Å²) in [5, 5.41) is 3.84. The van der Waals surface area contributed by atoms with Gasteiger partial charge < -0.3 is 4.57 Å². The van der Waals surface area contributed by atoms with E-state index in [9.17, 15) is 4.79 Å². The molecule has 0 bridgehead atoms. The molecule has 19 heavy (non-hydrogen) atoms. The molecule has 3 aromatic rings. The minimum atomic E-state index is 0.00441. The van der Waals surface area contributed by atoms with Gasteiger partial charge in [-0.15, -0.1) is 11.3 Å². The number of halogens is 2. The topological polar surface area (TPSA) is 22.0 Å².